The van der Waals surface area contributed by atoms with Gasteiger partial charge in [0.1, 0.15) is 12.4 Å². The minimum Gasteiger partial charge on any atom is -0.491 e. The van der Waals surface area contributed by atoms with Crippen molar-refractivity contribution in [2.75, 3.05) is 26.2 Å². The Morgan fingerprint density at radius 1 is 1.03 bits per heavy atom. The molecule has 3 aliphatic heterocycles. The first-order chi connectivity index (χ1) is 17.6. The number of carbonyl (C=O) groups excluding carboxylic acids is 2. The molecule has 1 aromatic heterocycles. The minimum absolute atomic E-state index is 0.0333. The molecule has 1 atom stereocenters. The van der Waals surface area contributed by atoms with Gasteiger partial charge in [-0.2, -0.15) is 0 Å². The molecular formula is C29H34N4O3. The third-order valence-electron chi connectivity index (χ3n) is 8.52. The van der Waals surface area contributed by atoms with Crippen LogP contribution in [0.1, 0.15) is 60.9 Å². The summed E-state index contributed by atoms with van der Waals surface area (Å²) in [6.07, 6.45) is 9.01. The van der Waals surface area contributed by atoms with E-state index in [-0.39, 0.29) is 23.3 Å². The zero-order valence-electron chi connectivity index (χ0n) is 20.7. The molecule has 1 spiro atoms. The number of fused-ring (bicyclic) bond motifs is 3. The molecule has 1 N–H and O–H groups in total. The van der Waals surface area contributed by atoms with E-state index in [9.17, 15) is 9.59 Å². The molecule has 36 heavy (non-hydrogen) atoms. The predicted molar refractivity (Wildman–Crippen MR) is 138 cm³/mol. The molecule has 2 amide bonds. The van der Waals surface area contributed by atoms with Crippen molar-refractivity contribution in [2.45, 2.75) is 57.4 Å². The Labute approximate surface area is 211 Å². The van der Waals surface area contributed by atoms with Crippen LogP contribution in [0.3, 0.4) is 0 Å². The topological polar surface area (TPSA) is 78.5 Å². The number of imidazole rings is 1. The van der Waals surface area contributed by atoms with Crippen molar-refractivity contribution in [2.24, 2.45) is 5.41 Å². The van der Waals surface area contributed by atoms with Crippen LogP contribution < -0.4 is 4.74 Å². The molecule has 0 radical (unpaired) electrons. The summed E-state index contributed by atoms with van der Waals surface area (Å²) in [5.41, 5.74) is 3.27. The average molecular weight is 487 g/mol. The maximum Gasteiger partial charge on any atom is 0.253 e. The van der Waals surface area contributed by atoms with Gasteiger partial charge >= 0.3 is 0 Å². The second-order valence-electron chi connectivity index (χ2n) is 10.6. The van der Waals surface area contributed by atoms with Gasteiger partial charge in [-0.3, -0.25) is 9.59 Å². The second-order valence-corrected chi connectivity index (χ2v) is 10.6. The lowest BCUT2D eigenvalue weighted by Crippen LogP contribution is -2.53. The van der Waals surface area contributed by atoms with Gasteiger partial charge in [0, 0.05) is 25.2 Å². The number of H-pyrrole nitrogens is 1. The molecule has 2 saturated heterocycles. The van der Waals surface area contributed by atoms with Gasteiger partial charge in [-0.15, -0.1) is 0 Å². The third kappa shape index (κ3) is 4.25. The highest BCUT2D eigenvalue weighted by Crippen LogP contribution is 2.41. The molecule has 3 aromatic rings. The van der Waals surface area contributed by atoms with Crippen LogP contribution in [0.2, 0.25) is 0 Å². The van der Waals surface area contributed by atoms with Crippen molar-refractivity contribution >= 4 is 22.8 Å². The number of amides is 2. The lowest BCUT2D eigenvalue weighted by atomic mass is 9.72. The first-order valence-electron chi connectivity index (χ1n) is 13.4. The standard InChI is InChI=1S/C29H34N4O3/c34-27(22-10-11-24-25(18-22)31-20-30-24)32-16-13-29(14-17-32)12-4-3-7-21-6-1-2-9-26(21)36-19-23-8-5-15-33(23)28(29)35/h1-2,6,9-11,18,20,23H,3-5,7-8,12-17,19H2,(H,30,31)/t23-/m0/s1. The van der Waals surface area contributed by atoms with Gasteiger partial charge in [0.2, 0.25) is 5.91 Å². The fourth-order valence-electron chi connectivity index (χ4n) is 6.36. The summed E-state index contributed by atoms with van der Waals surface area (Å²) in [4.78, 5) is 38.8. The quantitative estimate of drug-likeness (QED) is 0.546. The van der Waals surface area contributed by atoms with Crippen molar-refractivity contribution in [3.63, 3.8) is 0 Å². The number of rotatable bonds is 1. The Morgan fingerprint density at radius 3 is 2.78 bits per heavy atom. The summed E-state index contributed by atoms with van der Waals surface area (Å²) in [6.45, 7) is 2.59. The lowest BCUT2D eigenvalue weighted by molar-refractivity contribution is -0.147. The van der Waals surface area contributed by atoms with Crippen LogP contribution in [0.15, 0.2) is 48.8 Å². The number of hydrogen-bond donors (Lipinski definition) is 1. The Kier molecular flexibility index (Phi) is 6.15. The van der Waals surface area contributed by atoms with E-state index in [4.69, 9.17) is 4.74 Å². The molecule has 3 aliphatic rings. The smallest absolute Gasteiger partial charge is 0.253 e. The summed E-state index contributed by atoms with van der Waals surface area (Å²) in [5, 5.41) is 0. The molecule has 4 heterocycles. The van der Waals surface area contributed by atoms with Gasteiger partial charge in [-0.05, 0) is 74.8 Å². The SMILES string of the molecule is O=C(c1ccc2nc[nH]c2c1)N1CCC2(CCCCc3ccccc3OC[C@@H]3CCCN3C2=O)CC1. The molecule has 7 heteroatoms. The summed E-state index contributed by atoms with van der Waals surface area (Å²) >= 11 is 0. The van der Waals surface area contributed by atoms with Crippen molar-refractivity contribution < 1.29 is 14.3 Å². The molecule has 0 unspecified atom stereocenters. The number of benzene rings is 2. The predicted octanol–water partition coefficient (Wildman–Crippen LogP) is 4.58. The van der Waals surface area contributed by atoms with Crippen molar-refractivity contribution in [3.8, 4) is 5.75 Å². The van der Waals surface area contributed by atoms with Gasteiger partial charge in [-0.1, -0.05) is 24.6 Å². The van der Waals surface area contributed by atoms with E-state index in [1.165, 1.54) is 5.56 Å². The molecule has 188 valence electrons. The number of para-hydroxylation sites is 1. The molecule has 6 rings (SSSR count). The average Bonchev–Trinajstić information content (AvgIpc) is 3.58. The highest BCUT2D eigenvalue weighted by atomic mass is 16.5. The van der Waals surface area contributed by atoms with Crippen LogP contribution in [0, 0.1) is 5.41 Å². The van der Waals surface area contributed by atoms with Gasteiger partial charge < -0.3 is 19.5 Å². The Balaban J connectivity index is 1.20. The number of hydrogen-bond acceptors (Lipinski definition) is 4. The highest BCUT2D eigenvalue weighted by Gasteiger charge is 2.46. The Hall–Kier alpha value is -3.35. The van der Waals surface area contributed by atoms with Gasteiger partial charge in [0.25, 0.3) is 5.91 Å². The van der Waals surface area contributed by atoms with Crippen LogP contribution >= 0.6 is 0 Å². The lowest BCUT2D eigenvalue weighted by Gasteiger charge is -2.44. The first kappa shape index (κ1) is 23.1. The van der Waals surface area contributed by atoms with E-state index in [1.807, 2.05) is 29.2 Å². The van der Waals surface area contributed by atoms with Gasteiger partial charge in [0.05, 0.1) is 28.8 Å². The van der Waals surface area contributed by atoms with Crippen LogP contribution in [0.5, 0.6) is 5.75 Å². The maximum atomic E-state index is 14.1. The van der Waals surface area contributed by atoms with Crippen molar-refractivity contribution in [3.05, 3.63) is 59.9 Å². The van der Waals surface area contributed by atoms with Crippen LogP contribution in [-0.2, 0) is 11.2 Å². The highest BCUT2D eigenvalue weighted by molar-refractivity contribution is 5.97. The van der Waals surface area contributed by atoms with Crippen molar-refractivity contribution in [1.29, 1.82) is 0 Å². The number of likely N-dealkylation sites (tertiary alicyclic amines) is 1. The number of carbonyl (C=O) groups is 2. The van der Waals surface area contributed by atoms with E-state index in [0.29, 0.717) is 25.3 Å². The minimum atomic E-state index is -0.384. The molecule has 2 aromatic carbocycles. The number of aryl methyl sites for hydroxylation is 1. The first-order valence-corrected chi connectivity index (χ1v) is 13.4. The van der Waals surface area contributed by atoms with Gasteiger partial charge in [-0.25, -0.2) is 4.98 Å². The van der Waals surface area contributed by atoms with E-state index >= 15 is 0 Å². The molecule has 0 aliphatic carbocycles. The molecule has 0 saturated carbocycles. The Morgan fingerprint density at radius 2 is 1.89 bits per heavy atom. The van der Waals surface area contributed by atoms with E-state index in [1.54, 1.807) is 6.33 Å². The normalized spacial score (nSPS) is 22.4. The van der Waals surface area contributed by atoms with Gasteiger partial charge in [0.15, 0.2) is 0 Å². The summed E-state index contributed by atoms with van der Waals surface area (Å²) in [5.74, 6) is 1.28. The molecule has 7 nitrogen and oxygen atoms in total. The fraction of sp³-hybridized carbons (Fsp3) is 0.483. The van der Waals surface area contributed by atoms with E-state index in [2.05, 4.69) is 33.1 Å². The molecular weight excluding hydrogens is 452 g/mol. The van der Waals surface area contributed by atoms with E-state index < -0.39 is 0 Å². The zero-order valence-corrected chi connectivity index (χ0v) is 20.7. The number of aromatic amines is 1. The third-order valence-corrected chi connectivity index (χ3v) is 8.52. The summed E-state index contributed by atoms with van der Waals surface area (Å²) in [6, 6.07) is 14.1. The monoisotopic (exact) mass is 486 g/mol. The zero-order chi connectivity index (χ0) is 24.5. The van der Waals surface area contributed by atoms with Crippen molar-refractivity contribution in [1.82, 2.24) is 19.8 Å². The second kappa shape index (κ2) is 9.60. The number of ether oxygens (including phenoxy) is 1. The van der Waals surface area contributed by atoms with E-state index in [0.717, 1.165) is 74.7 Å². The maximum absolute atomic E-state index is 14.1. The number of piperidine rings is 1. The largest absolute Gasteiger partial charge is 0.491 e. The number of nitrogens with zero attached hydrogens (tertiary/aromatic N) is 3. The van der Waals surface area contributed by atoms with Crippen LogP contribution in [0.25, 0.3) is 11.0 Å². The van der Waals surface area contributed by atoms with Crippen LogP contribution in [0.4, 0.5) is 0 Å². The number of aromatic nitrogens is 2. The number of nitrogens with one attached hydrogen (secondary N) is 1. The fourth-order valence-corrected chi connectivity index (χ4v) is 6.36. The van der Waals surface area contributed by atoms with Crippen LogP contribution in [-0.4, -0.2) is 63.9 Å². The summed E-state index contributed by atoms with van der Waals surface area (Å²) in [7, 11) is 0. The molecule has 0 bridgehead atoms. The molecule has 2 fully saturated rings. The summed E-state index contributed by atoms with van der Waals surface area (Å²) < 4.78 is 6.27. The Bertz CT molecular complexity index is 1260.